The summed E-state index contributed by atoms with van der Waals surface area (Å²) < 4.78 is 1.96. The van der Waals surface area contributed by atoms with Crippen LogP contribution in [-0.2, 0) is 17.8 Å². The lowest BCUT2D eigenvalue weighted by Gasteiger charge is -2.08. The second kappa shape index (κ2) is 9.40. The number of benzene rings is 2. The molecule has 0 spiro atoms. The average molecular weight is 412 g/mol. The SMILES string of the molecule is CCn1c(SCC(=O)Nc2ccc(CC#N)cc2)nnc1-c1cccc(Cl)c1. The molecular formula is C20H18ClN5OS. The van der Waals surface area contributed by atoms with Crippen molar-refractivity contribution in [3.05, 3.63) is 59.1 Å². The molecule has 142 valence electrons. The normalized spacial score (nSPS) is 10.5. The second-order valence-corrected chi connectivity index (χ2v) is 7.31. The molecule has 0 aliphatic rings. The highest BCUT2D eigenvalue weighted by Gasteiger charge is 2.15. The largest absolute Gasteiger partial charge is 0.325 e. The van der Waals surface area contributed by atoms with E-state index in [1.165, 1.54) is 11.8 Å². The number of rotatable bonds is 7. The van der Waals surface area contributed by atoms with Gasteiger partial charge < -0.3 is 9.88 Å². The van der Waals surface area contributed by atoms with Crippen molar-refractivity contribution in [2.24, 2.45) is 0 Å². The third kappa shape index (κ3) is 4.91. The summed E-state index contributed by atoms with van der Waals surface area (Å²) in [6, 6.07) is 16.8. The zero-order valence-electron chi connectivity index (χ0n) is 15.2. The van der Waals surface area contributed by atoms with E-state index in [0.717, 1.165) is 17.0 Å². The van der Waals surface area contributed by atoms with Gasteiger partial charge in [-0.1, -0.05) is 47.6 Å². The fraction of sp³-hybridized carbons (Fsp3) is 0.200. The Balaban J connectivity index is 1.64. The van der Waals surface area contributed by atoms with Crippen LogP contribution in [0.4, 0.5) is 5.69 Å². The number of hydrogen-bond acceptors (Lipinski definition) is 5. The Kier molecular flexibility index (Phi) is 6.69. The second-order valence-electron chi connectivity index (χ2n) is 5.93. The van der Waals surface area contributed by atoms with Crippen molar-refractivity contribution in [2.75, 3.05) is 11.1 Å². The number of nitrogens with zero attached hydrogens (tertiary/aromatic N) is 4. The van der Waals surface area contributed by atoms with Gasteiger partial charge in [-0.2, -0.15) is 5.26 Å². The van der Waals surface area contributed by atoms with Crippen LogP contribution in [0.25, 0.3) is 11.4 Å². The number of carbonyl (C=O) groups is 1. The van der Waals surface area contributed by atoms with Crippen LogP contribution < -0.4 is 5.32 Å². The maximum Gasteiger partial charge on any atom is 0.234 e. The first-order valence-electron chi connectivity index (χ1n) is 8.68. The number of nitrogens with one attached hydrogen (secondary N) is 1. The molecule has 0 unspecified atom stereocenters. The quantitative estimate of drug-likeness (QED) is 0.582. The summed E-state index contributed by atoms with van der Waals surface area (Å²) in [5.41, 5.74) is 2.50. The van der Waals surface area contributed by atoms with Crippen LogP contribution >= 0.6 is 23.4 Å². The Hall–Kier alpha value is -2.82. The van der Waals surface area contributed by atoms with Crippen molar-refractivity contribution in [3.8, 4) is 17.5 Å². The van der Waals surface area contributed by atoms with Gasteiger partial charge in [-0.3, -0.25) is 4.79 Å². The molecule has 1 heterocycles. The fourth-order valence-electron chi connectivity index (χ4n) is 2.65. The van der Waals surface area contributed by atoms with E-state index in [0.29, 0.717) is 28.8 Å². The van der Waals surface area contributed by atoms with Gasteiger partial charge in [0, 0.05) is 22.8 Å². The average Bonchev–Trinajstić information content (AvgIpc) is 3.11. The number of halogens is 1. The third-order valence-corrected chi connectivity index (χ3v) is 5.17. The summed E-state index contributed by atoms with van der Waals surface area (Å²) >= 11 is 7.40. The van der Waals surface area contributed by atoms with Crippen molar-refractivity contribution in [1.29, 1.82) is 5.26 Å². The first-order chi connectivity index (χ1) is 13.6. The molecule has 1 aromatic heterocycles. The summed E-state index contributed by atoms with van der Waals surface area (Å²) in [5.74, 6) is 0.808. The number of anilines is 1. The minimum Gasteiger partial charge on any atom is -0.325 e. The van der Waals surface area contributed by atoms with Crippen LogP contribution in [0.15, 0.2) is 53.7 Å². The standard InChI is InChI=1S/C20H18ClN5OS/c1-2-26-19(15-4-3-5-16(21)12-15)24-25-20(26)28-13-18(27)23-17-8-6-14(7-9-17)10-11-22/h3-9,12H,2,10,13H2,1H3,(H,23,27). The zero-order chi connectivity index (χ0) is 19.9. The highest BCUT2D eigenvalue weighted by molar-refractivity contribution is 7.99. The van der Waals surface area contributed by atoms with E-state index in [-0.39, 0.29) is 11.7 Å². The van der Waals surface area contributed by atoms with Gasteiger partial charge in [-0.05, 0) is 36.8 Å². The molecule has 0 saturated heterocycles. The summed E-state index contributed by atoms with van der Waals surface area (Å²) in [7, 11) is 0. The number of hydrogen-bond donors (Lipinski definition) is 1. The Morgan fingerprint density at radius 1 is 1.25 bits per heavy atom. The summed E-state index contributed by atoms with van der Waals surface area (Å²) in [5, 5.41) is 21.4. The van der Waals surface area contributed by atoms with E-state index in [9.17, 15) is 4.79 Å². The molecule has 0 radical (unpaired) electrons. The van der Waals surface area contributed by atoms with Crippen molar-refractivity contribution in [3.63, 3.8) is 0 Å². The third-order valence-electron chi connectivity index (χ3n) is 3.97. The minimum absolute atomic E-state index is 0.131. The molecule has 28 heavy (non-hydrogen) atoms. The molecule has 0 aliphatic heterocycles. The molecule has 1 amide bonds. The predicted octanol–water partition coefficient (Wildman–Crippen LogP) is 4.42. The van der Waals surface area contributed by atoms with Crippen LogP contribution in [0.3, 0.4) is 0 Å². The molecule has 0 saturated carbocycles. The van der Waals surface area contributed by atoms with Gasteiger partial charge in [0.25, 0.3) is 0 Å². The lowest BCUT2D eigenvalue weighted by Crippen LogP contribution is -2.14. The van der Waals surface area contributed by atoms with Gasteiger partial charge in [0.2, 0.25) is 5.91 Å². The van der Waals surface area contributed by atoms with Gasteiger partial charge in [0.15, 0.2) is 11.0 Å². The summed E-state index contributed by atoms with van der Waals surface area (Å²) in [6.45, 7) is 2.68. The topological polar surface area (TPSA) is 83.6 Å². The molecule has 0 fully saturated rings. The maximum atomic E-state index is 12.3. The molecule has 0 atom stereocenters. The Morgan fingerprint density at radius 2 is 2.04 bits per heavy atom. The number of nitriles is 1. The van der Waals surface area contributed by atoms with Crippen LogP contribution in [-0.4, -0.2) is 26.4 Å². The smallest absolute Gasteiger partial charge is 0.234 e. The van der Waals surface area contributed by atoms with Gasteiger partial charge >= 0.3 is 0 Å². The van der Waals surface area contributed by atoms with E-state index < -0.39 is 0 Å². The zero-order valence-corrected chi connectivity index (χ0v) is 16.8. The van der Waals surface area contributed by atoms with Crippen LogP contribution in [0.2, 0.25) is 5.02 Å². The van der Waals surface area contributed by atoms with Crippen molar-refractivity contribution < 1.29 is 4.79 Å². The highest BCUT2D eigenvalue weighted by atomic mass is 35.5. The van der Waals surface area contributed by atoms with Gasteiger partial charge in [-0.25, -0.2) is 0 Å². The van der Waals surface area contributed by atoms with Crippen LogP contribution in [0.5, 0.6) is 0 Å². The van der Waals surface area contributed by atoms with E-state index in [2.05, 4.69) is 21.6 Å². The van der Waals surface area contributed by atoms with Gasteiger partial charge in [0.05, 0.1) is 18.2 Å². The number of aromatic nitrogens is 3. The summed E-state index contributed by atoms with van der Waals surface area (Å²) in [4.78, 5) is 12.3. The highest BCUT2D eigenvalue weighted by Crippen LogP contribution is 2.26. The van der Waals surface area contributed by atoms with Crippen molar-refractivity contribution >= 4 is 35.0 Å². The molecule has 1 N–H and O–H groups in total. The Morgan fingerprint density at radius 3 is 2.71 bits per heavy atom. The van der Waals surface area contributed by atoms with Gasteiger partial charge in [-0.15, -0.1) is 10.2 Å². The van der Waals surface area contributed by atoms with Crippen LogP contribution in [0.1, 0.15) is 12.5 Å². The molecule has 0 aliphatic carbocycles. The number of amides is 1. The molecule has 8 heteroatoms. The molecule has 6 nitrogen and oxygen atoms in total. The first kappa shape index (κ1) is 19.9. The first-order valence-corrected chi connectivity index (χ1v) is 10.0. The number of carbonyl (C=O) groups excluding carboxylic acids is 1. The molecular weight excluding hydrogens is 394 g/mol. The lowest BCUT2D eigenvalue weighted by molar-refractivity contribution is -0.113. The van der Waals surface area contributed by atoms with Crippen molar-refractivity contribution in [2.45, 2.75) is 25.0 Å². The van der Waals surface area contributed by atoms with E-state index in [1.807, 2.05) is 47.9 Å². The maximum absolute atomic E-state index is 12.3. The Labute approximate surface area is 172 Å². The minimum atomic E-state index is -0.131. The molecule has 3 rings (SSSR count). The molecule has 3 aromatic rings. The van der Waals surface area contributed by atoms with E-state index in [1.54, 1.807) is 12.1 Å². The van der Waals surface area contributed by atoms with Crippen molar-refractivity contribution in [1.82, 2.24) is 14.8 Å². The molecule has 0 bridgehead atoms. The van der Waals surface area contributed by atoms with E-state index >= 15 is 0 Å². The molecule has 2 aromatic carbocycles. The van der Waals surface area contributed by atoms with Gasteiger partial charge in [0.1, 0.15) is 0 Å². The fourth-order valence-corrected chi connectivity index (χ4v) is 3.64. The van der Waals surface area contributed by atoms with E-state index in [4.69, 9.17) is 16.9 Å². The predicted molar refractivity (Wildman–Crippen MR) is 111 cm³/mol. The summed E-state index contributed by atoms with van der Waals surface area (Å²) in [6.07, 6.45) is 0.353. The van der Waals surface area contributed by atoms with Crippen LogP contribution in [0, 0.1) is 11.3 Å². The lowest BCUT2D eigenvalue weighted by atomic mass is 10.1. The number of thioether (sulfide) groups is 1. The Bertz CT molecular complexity index is 1010. The monoisotopic (exact) mass is 411 g/mol.